The van der Waals surface area contributed by atoms with Crippen molar-refractivity contribution >= 4 is 0 Å². The van der Waals surface area contributed by atoms with Crippen LogP contribution in [-0.2, 0) is 6.42 Å². The number of aromatic nitrogens is 1. The van der Waals surface area contributed by atoms with E-state index in [0.29, 0.717) is 12.0 Å². The van der Waals surface area contributed by atoms with E-state index < -0.39 is 11.6 Å². The number of aryl methyl sites for hydroxylation is 1. The Labute approximate surface area is 117 Å². The summed E-state index contributed by atoms with van der Waals surface area (Å²) in [6.45, 7) is 4.75. The Balaban J connectivity index is 2.25. The van der Waals surface area contributed by atoms with Crippen molar-refractivity contribution in [1.82, 2.24) is 10.3 Å². The maximum absolute atomic E-state index is 13.3. The Kier molecular flexibility index (Phi) is 4.79. The van der Waals surface area contributed by atoms with Crippen molar-refractivity contribution in [3.05, 3.63) is 65.0 Å². The van der Waals surface area contributed by atoms with Crippen LogP contribution < -0.4 is 5.32 Å². The van der Waals surface area contributed by atoms with Gasteiger partial charge in [-0.25, -0.2) is 8.78 Å². The van der Waals surface area contributed by atoms with Crippen molar-refractivity contribution in [2.45, 2.75) is 26.3 Å². The molecule has 20 heavy (non-hydrogen) atoms. The smallest absolute Gasteiger partial charge is 0.126 e. The van der Waals surface area contributed by atoms with Gasteiger partial charge in [-0.3, -0.25) is 4.98 Å². The zero-order chi connectivity index (χ0) is 14.5. The lowest BCUT2D eigenvalue weighted by atomic mass is 10.0. The SMILES string of the molecule is CCNC(Cc1cc(F)cc(F)c1)c1cc(C)ccn1. The summed E-state index contributed by atoms with van der Waals surface area (Å²) in [5.74, 6) is -1.10. The molecule has 0 amide bonds. The third-order valence-electron chi connectivity index (χ3n) is 3.11. The van der Waals surface area contributed by atoms with E-state index in [1.165, 1.54) is 12.1 Å². The largest absolute Gasteiger partial charge is 0.309 e. The highest BCUT2D eigenvalue weighted by Crippen LogP contribution is 2.19. The Morgan fingerprint density at radius 2 is 1.85 bits per heavy atom. The van der Waals surface area contributed by atoms with Gasteiger partial charge in [-0.05, 0) is 55.3 Å². The molecule has 0 fully saturated rings. The lowest BCUT2D eigenvalue weighted by molar-refractivity contribution is 0.528. The summed E-state index contributed by atoms with van der Waals surface area (Å²) in [4.78, 5) is 4.35. The summed E-state index contributed by atoms with van der Waals surface area (Å²) in [5.41, 5.74) is 2.62. The molecule has 4 heteroatoms. The standard InChI is InChI=1S/C16H18F2N2/c1-3-19-16(15-6-11(2)4-5-20-15)9-12-7-13(17)10-14(18)8-12/h4-8,10,16,19H,3,9H2,1-2H3. The molecule has 0 aliphatic rings. The van der Waals surface area contributed by atoms with Crippen LogP contribution in [0.25, 0.3) is 0 Å². The second-order valence-electron chi connectivity index (χ2n) is 4.85. The minimum absolute atomic E-state index is 0.0545. The molecule has 2 rings (SSSR count). The van der Waals surface area contributed by atoms with Gasteiger partial charge in [0.15, 0.2) is 0 Å². The predicted octanol–water partition coefficient (Wildman–Crippen LogP) is 3.56. The van der Waals surface area contributed by atoms with Crippen molar-refractivity contribution in [3.8, 4) is 0 Å². The van der Waals surface area contributed by atoms with Gasteiger partial charge in [-0.15, -0.1) is 0 Å². The van der Waals surface area contributed by atoms with E-state index in [9.17, 15) is 8.78 Å². The lowest BCUT2D eigenvalue weighted by Gasteiger charge is -2.18. The van der Waals surface area contributed by atoms with E-state index in [0.717, 1.165) is 23.9 Å². The lowest BCUT2D eigenvalue weighted by Crippen LogP contribution is -2.24. The number of halogens is 2. The molecule has 1 N–H and O–H groups in total. The van der Waals surface area contributed by atoms with Gasteiger partial charge in [0.2, 0.25) is 0 Å². The highest BCUT2D eigenvalue weighted by molar-refractivity contribution is 5.23. The van der Waals surface area contributed by atoms with Gasteiger partial charge in [0.25, 0.3) is 0 Å². The molecule has 1 unspecified atom stereocenters. The molecule has 0 radical (unpaired) electrons. The molecule has 0 aliphatic heterocycles. The zero-order valence-electron chi connectivity index (χ0n) is 11.7. The van der Waals surface area contributed by atoms with E-state index in [4.69, 9.17) is 0 Å². The van der Waals surface area contributed by atoms with E-state index >= 15 is 0 Å². The molecule has 0 saturated carbocycles. The van der Waals surface area contributed by atoms with Crippen LogP contribution in [-0.4, -0.2) is 11.5 Å². The first-order valence-electron chi connectivity index (χ1n) is 6.69. The van der Waals surface area contributed by atoms with Gasteiger partial charge in [0, 0.05) is 12.3 Å². The van der Waals surface area contributed by atoms with Crippen molar-refractivity contribution < 1.29 is 8.78 Å². The van der Waals surface area contributed by atoms with E-state index in [1.807, 2.05) is 26.0 Å². The third kappa shape index (κ3) is 3.84. The molecule has 2 aromatic rings. The van der Waals surface area contributed by atoms with Gasteiger partial charge < -0.3 is 5.32 Å². The van der Waals surface area contributed by atoms with E-state index in [2.05, 4.69) is 10.3 Å². The van der Waals surface area contributed by atoms with Gasteiger partial charge >= 0.3 is 0 Å². The Morgan fingerprint density at radius 1 is 1.15 bits per heavy atom. The number of hydrogen-bond acceptors (Lipinski definition) is 2. The molecule has 1 aromatic heterocycles. The fourth-order valence-electron chi connectivity index (χ4n) is 2.24. The van der Waals surface area contributed by atoms with Crippen LogP contribution in [0.2, 0.25) is 0 Å². The van der Waals surface area contributed by atoms with Crippen molar-refractivity contribution in [2.24, 2.45) is 0 Å². The molecular formula is C16H18F2N2. The first kappa shape index (κ1) is 14.6. The van der Waals surface area contributed by atoms with Crippen molar-refractivity contribution in [3.63, 3.8) is 0 Å². The number of likely N-dealkylation sites (N-methyl/N-ethyl adjacent to an activating group) is 1. The minimum atomic E-state index is -0.549. The fourth-order valence-corrected chi connectivity index (χ4v) is 2.24. The maximum Gasteiger partial charge on any atom is 0.126 e. The second-order valence-corrected chi connectivity index (χ2v) is 4.85. The minimum Gasteiger partial charge on any atom is -0.309 e. The van der Waals surface area contributed by atoms with Crippen LogP contribution in [0.15, 0.2) is 36.5 Å². The van der Waals surface area contributed by atoms with Gasteiger partial charge in [0.1, 0.15) is 11.6 Å². The highest BCUT2D eigenvalue weighted by Gasteiger charge is 2.14. The van der Waals surface area contributed by atoms with Crippen LogP contribution in [0.1, 0.15) is 29.8 Å². The molecule has 0 saturated heterocycles. The van der Waals surface area contributed by atoms with Crippen LogP contribution >= 0.6 is 0 Å². The summed E-state index contributed by atoms with van der Waals surface area (Å²) in [7, 11) is 0. The number of pyridine rings is 1. The van der Waals surface area contributed by atoms with Crippen LogP contribution in [0, 0.1) is 18.6 Å². The normalized spacial score (nSPS) is 12.4. The summed E-state index contributed by atoms with van der Waals surface area (Å²) < 4.78 is 26.5. The molecule has 1 heterocycles. The van der Waals surface area contributed by atoms with Crippen molar-refractivity contribution in [1.29, 1.82) is 0 Å². The maximum atomic E-state index is 13.3. The van der Waals surface area contributed by atoms with Gasteiger partial charge in [0.05, 0.1) is 11.7 Å². The summed E-state index contributed by atoms with van der Waals surface area (Å²) in [5, 5.41) is 3.31. The average Bonchev–Trinajstić information content (AvgIpc) is 2.37. The average molecular weight is 276 g/mol. The van der Waals surface area contributed by atoms with Gasteiger partial charge in [-0.2, -0.15) is 0 Å². The molecular weight excluding hydrogens is 258 g/mol. The second kappa shape index (κ2) is 6.57. The number of nitrogens with one attached hydrogen (secondary N) is 1. The van der Waals surface area contributed by atoms with Crippen molar-refractivity contribution in [2.75, 3.05) is 6.54 Å². The summed E-state index contributed by atoms with van der Waals surface area (Å²) in [6.07, 6.45) is 2.25. The third-order valence-corrected chi connectivity index (χ3v) is 3.11. The Hall–Kier alpha value is -1.81. The summed E-state index contributed by atoms with van der Waals surface area (Å²) in [6, 6.07) is 7.47. The zero-order valence-corrected chi connectivity index (χ0v) is 11.7. The van der Waals surface area contributed by atoms with Crippen LogP contribution in [0.3, 0.4) is 0 Å². The number of hydrogen-bond donors (Lipinski definition) is 1. The molecule has 2 nitrogen and oxygen atoms in total. The topological polar surface area (TPSA) is 24.9 Å². The molecule has 0 bridgehead atoms. The molecule has 106 valence electrons. The first-order valence-corrected chi connectivity index (χ1v) is 6.69. The monoisotopic (exact) mass is 276 g/mol. The van der Waals surface area contributed by atoms with Gasteiger partial charge in [-0.1, -0.05) is 6.92 Å². The molecule has 1 aromatic carbocycles. The van der Waals surface area contributed by atoms with Crippen LogP contribution in [0.4, 0.5) is 8.78 Å². The Bertz CT molecular complexity index is 564. The fraction of sp³-hybridized carbons (Fsp3) is 0.312. The first-order chi connectivity index (χ1) is 9.58. The molecule has 1 atom stereocenters. The number of nitrogens with zero attached hydrogens (tertiary/aromatic N) is 1. The number of rotatable bonds is 5. The molecule has 0 aliphatic carbocycles. The predicted molar refractivity (Wildman–Crippen MR) is 75.5 cm³/mol. The molecule has 0 spiro atoms. The summed E-state index contributed by atoms with van der Waals surface area (Å²) >= 11 is 0. The highest BCUT2D eigenvalue weighted by atomic mass is 19.1. The number of benzene rings is 1. The van der Waals surface area contributed by atoms with E-state index in [-0.39, 0.29) is 6.04 Å². The quantitative estimate of drug-likeness (QED) is 0.903. The van der Waals surface area contributed by atoms with E-state index in [1.54, 1.807) is 6.20 Å². The van der Waals surface area contributed by atoms with Crippen LogP contribution in [0.5, 0.6) is 0 Å². The Morgan fingerprint density at radius 3 is 2.45 bits per heavy atom.